The second kappa shape index (κ2) is 12.1. The molecule has 1 fully saturated rings. The fraction of sp³-hybridized carbons (Fsp3) is 0.407. The summed E-state index contributed by atoms with van der Waals surface area (Å²) >= 11 is 3.40. The summed E-state index contributed by atoms with van der Waals surface area (Å²) in [6.07, 6.45) is 1.85. The molecule has 1 unspecified atom stereocenters. The number of nitrogens with one attached hydrogen (secondary N) is 1. The van der Waals surface area contributed by atoms with Gasteiger partial charge in [0, 0.05) is 41.9 Å². The van der Waals surface area contributed by atoms with Crippen molar-refractivity contribution in [3.05, 3.63) is 51.5 Å². The van der Waals surface area contributed by atoms with Gasteiger partial charge in [0.25, 0.3) is 0 Å². The van der Waals surface area contributed by atoms with E-state index in [0.717, 1.165) is 5.56 Å². The molecule has 0 aliphatic carbocycles. The van der Waals surface area contributed by atoms with Crippen LogP contribution in [0.15, 0.2) is 39.7 Å². The van der Waals surface area contributed by atoms with Gasteiger partial charge in [0.2, 0.25) is 21.8 Å². The molecule has 1 saturated heterocycles. The Morgan fingerprint density at radius 3 is 2.25 bits per heavy atom. The number of carbonyl (C=O) groups is 4. The van der Waals surface area contributed by atoms with E-state index in [9.17, 15) is 27.6 Å². The van der Waals surface area contributed by atoms with E-state index in [4.69, 9.17) is 9.47 Å². The quantitative estimate of drug-likeness (QED) is 0.457. The van der Waals surface area contributed by atoms with E-state index in [1.165, 1.54) is 42.8 Å². The summed E-state index contributed by atoms with van der Waals surface area (Å²) in [6, 6.07) is 7.32. The van der Waals surface area contributed by atoms with Crippen LogP contribution >= 0.6 is 15.9 Å². The summed E-state index contributed by atoms with van der Waals surface area (Å²) < 4.78 is 38.6. The molecule has 13 heteroatoms. The van der Waals surface area contributed by atoms with E-state index in [-0.39, 0.29) is 40.7 Å². The van der Waals surface area contributed by atoms with E-state index in [0.29, 0.717) is 42.4 Å². The lowest BCUT2D eigenvalue weighted by molar-refractivity contribution is -0.121. The van der Waals surface area contributed by atoms with Crippen LogP contribution in [0.1, 0.15) is 52.5 Å². The molecule has 1 N–H and O–H groups in total. The first kappa shape index (κ1) is 29.7. The number of piperidine rings is 1. The van der Waals surface area contributed by atoms with E-state index in [1.54, 1.807) is 17.9 Å². The zero-order valence-electron chi connectivity index (χ0n) is 22.4. The van der Waals surface area contributed by atoms with Crippen molar-refractivity contribution in [2.45, 2.75) is 37.5 Å². The number of esters is 2. The maximum atomic E-state index is 13.7. The van der Waals surface area contributed by atoms with Crippen LogP contribution < -0.4 is 10.2 Å². The zero-order valence-corrected chi connectivity index (χ0v) is 24.8. The van der Waals surface area contributed by atoms with Crippen LogP contribution in [-0.4, -0.2) is 70.3 Å². The fourth-order valence-electron chi connectivity index (χ4n) is 4.96. The number of halogens is 1. The Morgan fingerprint density at radius 1 is 1.00 bits per heavy atom. The first-order valence-corrected chi connectivity index (χ1v) is 15.0. The highest BCUT2D eigenvalue weighted by atomic mass is 79.9. The summed E-state index contributed by atoms with van der Waals surface area (Å²) in [4.78, 5) is 51.5. The Morgan fingerprint density at radius 2 is 1.65 bits per heavy atom. The molecule has 0 spiro atoms. The molecule has 2 heterocycles. The number of benzene rings is 2. The van der Waals surface area contributed by atoms with Crippen LogP contribution in [-0.2, 0) is 35.5 Å². The SMILES string of the molecule is CCC(=O)N1CCc2cc(Br)c(S(=O)(=O)N3CCCC(C(=O)Nc4cc(C(=O)OC)cc(C(=O)OC)c4)C3)cc21. The molecule has 2 aliphatic heterocycles. The van der Waals surface area contributed by atoms with Crippen LogP contribution in [0, 0.1) is 5.92 Å². The molecule has 214 valence electrons. The van der Waals surface area contributed by atoms with E-state index < -0.39 is 33.8 Å². The average Bonchev–Trinajstić information content (AvgIpc) is 3.37. The second-order valence-electron chi connectivity index (χ2n) is 9.53. The summed E-state index contributed by atoms with van der Waals surface area (Å²) in [6.45, 7) is 2.43. The van der Waals surface area contributed by atoms with Crippen molar-refractivity contribution < 1.29 is 37.1 Å². The molecule has 0 saturated carbocycles. The Kier molecular flexibility index (Phi) is 8.96. The number of hydrogen-bond acceptors (Lipinski definition) is 8. The largest absolute Gasteiger partial charge is 0.465 e. The molecule has 2 amide bonds. The lowest BCUT2D eigenvalue weighted by Crippen LogP contribution is -2.43. The third-order valence-electron chi connectivity index (χ3n) is 7.05. The van der Waals surface area contributed by atoms with Crippen LogP contribution in [0.5, 0.6) is 0 Å². The highest BCUT2D eigenvalue weighted by Gasteiger charge is 2.36. The molecule has 0 aromatic heterocycles. The first-order valence-electron chi connectivity index (χ1n) is 12.8. The number of sulfonamides is 1. The van der Waals surface area contributed by atoms with Gasteiger partial charge in [-0.3, -0.25) is 9.59 Å². The van der Waals surface area contributed by atoms with Gasteiger partial charge in [0.15, 0.2) is 0 Å². The second-order valence-corrected chi connectivity index (χ2v) is 12.3. The highest BCUT2D eigenvalue weighted by Crippen LogP contribution is 2.37. The van der Waals surface area contributed by atoms with Crippen molar-refractivity contribution in [2.24, 2.45) is 5.92 Å². The molecule has 0 bridgehead atoms. The number of carbonyl (C=O) groups excluding carboxylic acids is 4. The molecule has 40 heavy (non-hydrogen) atoms. The number of nitrogens with zero attached hydrogens (tertiary/aromatic N) is 2. The van der Waals surface area contributed by atoms with Gasteiger partial charge in [0.1, 0.15) is 0 Å². The van der Waals surface area contributed by atoms with E-state index >= 15 is 0 Å². The lowest BCUT2D eigenvalue weighted by Gasteiger charge is -2.31. The normalized spacial score (nSPS) is 17.2. The third-order valence-corrected chi connectivity index (χ3v) is 9.87. The number of hydrogen-bond donors (Lipinski definition) is 1. The minimum Gasteiger partial charge on any atom is -0.465 e. The third kappa shape index (κ3) is 5.91. The summed E-state index contributed by atoms with van der Waals surface area (Å²) in [5, 5.41) is 2.70. The van der Waals surface area contributed by atoms with Gasteiger partial charge in [-0.25, -0.2) is 18.0 Å². The number of rotatable bonds is 7. The average molecular weight is 637 g/mol. The minimum atomic E-state index is -4.01. The van der Waals surface area contributed by atoms with Gasteiger partial charge < -0.3 is 19.7 Å². The standard InChI is InChI=1S/C27H30BrN3O8S/c1-4-24(32)31-9-7-16-13-21(28)23(14-22(16)31)40(36,37)30-8-5-6-17(15-30)25(33)29-20-11-18(26(34)38-2)10-19(12-20)27(35)39-3/h10-14,17H,4-9,15H2,1-3H3,(H,29,33). The highest BCUT2D eigenvalue weighted by molar-refractivity contribution is 9.10. The van der Waals surface area contributed by atoms with Crippen LogP contribution in [0.4, 0.5) is 11.4 Å². The zero-order chi connectivity index (χ0) is 29.2. The van der Waals surface area contributed by atoms with Crippen molar-refractivity contribution in [2.75, 3.05) is 44.1 Å². The Balaban J connectivity index is 1.56. The van der Waals surface area contributed by atoms with Gasteiger partial charge >= 0.3 is 11.9 Å². The summed E-state index contributed by atoms with van der Waals surface area (Å²) in [7, 11) is -1.62. The smallest absolute Gasteiger partial charge is 0.337 e. The number of amides is 2. The Hall–Kier alpha value is -3.29. The molecule has 0 radical (unpaired) electrons. The predicted molar refractivity (Wildman–Crippen MR) is 150 cm³/mol. The van der Waals surface area contributed by atoms with Crippen molar-refractivity contribution in [3.63, 3.8) is 0 Å². The maximum absolute atomic E-state index is 13.7. The predicted octanol–water partition coefficient (Wildman–Crippen LogP) is 3.36. The van der Waals surface area contributed by atoms with Gasteiger partial charge in [-0.15, -0.1) is 0 Å². The number of anilines is 2. The summed E-state index contributed by atoms with van der Waals surface area (Å²) in [5.74, 6) is -2.61. The van der Waals surface area contributed by atoms with Crippen molar-refractivity contribution >= 4 is 61.1 Å². The van der Waals surface area contributed by atoms with Gasteiger partial charge in [0.05, 0.1) is 36.2 Å². The molecule has 2 aromatic rings. The molecule has 1 atom stereocenters. The number of ether oxygens (including phenoxy) is 2. The molecular weight excluding hydrogens is 606 g/mol. The van der Waals surface area contributed by atoms with Crippen LogP contribution in [0.3, 0.4) is 0 Å². The first-order chi connectivity index (χ1) is 19.0. The van der Waals surface area contributed by atoms with Crippen LogP contribution in [0.25, 0.3) is 0 Å². The molecule has 11 nitrogen and oxygen atoms in total. The van der Waals surface area contributed by atoms with Gasteiger partial charge in [-0.1, -0.05) is 6.92 Å². The lowest BCUT2D eigenvalue weighted by atomic mass is 9.98. The summed E-state index contributed by atoms with van der Waals surface area (Å²) in [5.41, 5.74) is 1.75. The minimum absolute atomic E-state index is 0.0385. The Labute approximate surface area is 241 Å². The molecule has 2 aliphatic rings. The van der Waals surface area contributed by atoms with Crippen molar-refractivity contribution in [1.29, 1.82) is 0 Å². The fourth-order valence-corrected chi connectivity index (χ4v) is 7.56. The van der Waals surface area contributed by atoms with Crippen LogP contribution in [0.2, 0.25) is 0 Å². The van der Waals surface area contributed by atoms with Gasteiger partial charge in [-0.2, -0.15) is 4.31 Å². The molecule has 2 aromatic carbocycles. The number of methoxy groups -OCH3 is 2. The number of fused-ring (bicyclic) bond motifs is 1. The topological polar surface area (TPSA) is 139 Å². The maximum Gasteiger partial charge on any atom is 0.337 e. The van der Waals surface area contributed by atoms with E-state index in [1.807, 2.05) is 0 Å². The molecule has 4 rings (SSSR count). The molecular formula is C27H30BrN3O8S. The monoisotopic (exact) mass is 635 g/mol. The van der Waals surface area contributed by atoms with Crippen molar-refractivity contribution in [3.8, 4) is 0 Å². The Bertz CT molecular complexity index is 1440. The van der Waals surface area contributed by atoms with Gasteiger partial charge in [-0.05, 0) is 71.1 Å². The van der Waals surface area contributed by atoms with Crippen molar-refractivity contribution in [1.82, 2.24) is 4.31 Å². The van der Waals surface area contributed by atoms with E-state index in [2.05, 4.69) is 21.2 Å².